The Kier molecular flexibility index (Phi) is 8.93. The standard InChI is InChI=1S/C26H38N6O4S/c1-18(2)37(34,35)26(4,5)22-16-23(32-14-15-36-17-19(32)3)30-24(29-22)20-8-10-21(11-9-20)28-25(33)27-12-13-31(6)7/h8-11,16,19H,1,12-15,17H2,2-7H3,(H2,27,28,33)/t19-/m0/s1. The number of sulfone groups is 1. The SMILES string of the molecule is C=C(C)S(=O)(=O)C(C)(C)c1cc(N2CCOC[C@@H]2C)nc(-c2ccc(NC(=O)NCCN(C)C)cc2)n1. The van der Waals surface area contributed by atoms with Crippen LogP contribution in [0.3, 0.4) is 0 Å². The number of nitrogens with one attached hydrogen (secondary N) is 2. The topological polar surface area (TPSA) is 117 Å². The van der Waals surface area contributed by atoms with Crippen LogP contribution in [0, 0.1) is 0 Å². The van der Waals surface area contributed by atoms with Gasteiger partial charge in [0.15, 0.2) is 15.7 Å². The summed E-state index contributed by atoms with van der Waals surface area (Å²) in [4.78, 5) is 25.8. The van der Waals surface area contributed by atoms with Crippen molar-refractivity contribution in [3.63, 3.8) is 0 Å². The number of benzene rings is 1. The van der Waals surface area contributed by atoms with Crippen molar-refractivity contribution in [3.05, 3.63) is 47.5 Å². The van der Waals surface area contributed by atoms with Gasteiger partial charge in [0.05, 0.1) is 24.9 Å². The highest BCUT2D eigenvalue weighted by atomic mass is 32.2. The fourth-order valence-corrected chi connectivity index (χ4v) is 5.18. The summed E-state index contributed by atoms with van der Waals surface area (Å²) in [6.45, 7) is 13.5. The molecule has 0 bridgehead atoms. The van der Waals surface area contributed by atoms with Crippen molar-refractivity contribution < 1.29 is 17.9 Å². The molecule has 202 valence electrons. The molecule has 3 rings (SSSR count). The van der Waals surface area contributed by atoms with Gasteiger partial charge in [-0.05, 0) is 66.1 Å². The van der Waals surface area contributed by atoms with E-state index < -0.39 is 14.6 Å². The minimum atomic E-state index is -3.71. The number of hydrogen-bond acceptors (Lipinski definition) is 8. The van der Waals surface area contributed by atoms with Gasteiger partial charge in [0, 0.05) is 41.9 Å². The van der Waals surface area contributed by atoms with Crippen molar-refractivity contribution in [1.82, 2.24) is 20.2 Å². The summed E-state index contributed by atoms with van der Waals surface area (Å²) in [6.07, 6.45) is 0. The van der Waals surface area contributed by atoms with E-state index in [1.807, 2.05) is 25.9 Å². The molecule has 10 nitrogen and oxygen atoms in total. The molecule has 2 N–H and O–H groups in total. The lowest BCUT2D eigenvalue weighted by atomic mass is 10.1. The Hall–Kier alpha value is -3.02. The molecule has 1 aromatic carbocycles. The van der Waals surface area contributed by atoms with E-state index in [-0.39, 0.29) is 17.0 Å². The first kappa shape index (κ1) is 28.5. The van der Waals surface area contributed by atoms with Crippen molar-refractivity contribution in [2.24, 2.45) is 0 Å². The summed E-state index contributed by atoms with van der Waals surface area (Å²) in [6, 6.07) is 8.68. The molecule has 11 heteroatoms. The largest absolute Gasteiger partial charge is 0.377 e. The van der Waals surface area contributed by atoms with Gasteiger partial charge in [-0.2, -0.15) is 0 Å². The molecule has 0 unspecified atom stereocenters. The van der Waals surface area contributed by atoms with E-state index in [0.29, 0.717) is 54.9 Å². The van der Waals surface area contributed by atoms with Crippen LogP contribution in [0.2, 0.25) is 0 Å². The number of hydrogen-bond donors (Lipinski definition) is 2. The van der Waals surface area contributed by atoms with Crippen LogP contribution in [0.4, 0.5) is 16.3 Å². The highest BCUT2D eigenvalue weighted by Crippen LogP contribution is 2.35. The van der Waals surface area contributed by atoms with Crippen LogP contribution in [-0.2, 0) is 19.3 Å². The lowest BCUT2D eigenvalue weighted by Crippen LogP contribution is -2.44. The predicted molar refractivity (Wildman–Crippen MR) is 147 cm³/mol. The van der Waals surface area contributed by atoms with Crippen LogP contribution in [-0.4, -0.2) is 82.3 Å². The van der Waals surface area contributed by atoms with Crippen LogP contribution in [0.25, 0.3) is 11.4 Å². The molecule has 0 aliphatic carbocycles. The smallest absolute Gasteiger partial charge is 0.319 e. The van der Waals surface area contributed by atoms with Gasteiger partial charge in [0.25, 0.3) is 0 Å². The van der Waals surface area contributed by atoms with Crippen LogP contribution in [0.5, 0.6) is 0 Å². The summed E-state index contributed by atoms with van der Waals surface area (Å²) >= 11 is 0. The van der Waals surface area contributed by atoms with Gasteiger partial charge in [-0.25, -0.2) is 23.2 Å². The van der Waals surface area contributed by atoms with Crippen molar-refractivity contribution in [3.8, 4) is 11.4 Å². The Balaban J connectivity index is 1.96. The summed E-state index contributed by atoms with van der Waals surface area (Å²) in [7, 11) is 0.172. The summed E-state index contributed by atoms with van der Waals surface area (Å²) in [5.74, 6) is 1.04. The van der Waals surface area contributed by atoms with Gasteiger partial charge in [0.2, 0.25) is 0 Å². The fourth-order valence-electron chi connectivity index (χ4n) is 3.93. The van der Waals surface area contributed by atoms with E-state index in [9.17, 15) is 13.2 Å². The zero-order valence-electron chi connectivity index (χ0n) is 22.5. The first-order valence-corrected chi connectivity index (χ1v) is 13.8. The third kappa shape index (κ3) is 6.65. The maximum absolute atomic E-state index is 13.2. The van der Waals surface area contributed by atoms with Crippen molar-refractivity contribution >= 4 is 27.4 Å². The van der Waals surface area contributed by atoms with E-state index in [0.717, 1.165) is 6.54 Å². The Labute approximate surface area is 220 Å². The summed E-state index contributed by atoms with van der Waals surface area (Å²) in [5.41, 5.74) is 1.71. The number of ether oxygens (including phenoxy) is 1. The average Bonchev–Trinajstić information content (AvgIpc) is 2.84. The fraction of sp³-hybridized carbons (Fsp3) is 0.500. The molecular weight excluding hydrogens is 492 g/mol. The monoisotopic (exact) mass is 530 g/mol. The maximum Gasteiger partial charge on any atom is 0.319 e. The van der Waals surface area contributed by atoms with Crippen molar-refractivity contribution in [2.45, 2.75) is 38.5 Å². The molecule has 1 atom stereocenters. The molecule has 2 aromatic rings. The molecule has 1 saturated heterocycles. The number of anilines is 2. The predicted octanol–water partition coefficient (Wildman–Crippen LogP) is 3.24. The summed E-state index contributed by atoms with van der Waals surface area (Å²) < 4.78 is 30.6. The van der Waals surface area contributed by atoms with Crippen molar-refractivity contribution in [2.75, 3.05) is 57.2 Å². The van der Waals surface area contributed by atoms with Crippen molar-refractivity contribution in [1.29, 1.82) is 0 Å². The molecule has 37 heavy (non-hydrogen) atoms. The number of urea groups is 1. The number of carbonyl (C=O) groups is 1. The number of likely N-dealkylation sites (N-methyl/N-ethyl adjacent to an activating group) is 1. The molecule has 1 aromatic heterocycles. The Bertz CT molecular complexity index is 1230. The lowest BCUT2D eigenvalue weighted by Gasteiger charge is -2.35. The second kappa shape index (κ2) is 11.6. The number of aromatic nitrogens is 2. The van der Waals surface area contributed by atoms with Gasteiger partial charge in [-0.15, -0.1) is 0 Å². The third-order valence-corrected chi connectivity index (χ3v) is 8.84. The second-order valence-electron chi connectivity index (χ2n) is 10.0. The molecule has 1 aliphatic rings. The average molecular weight is 531 g/mol. The number of allylic oxidation sites excluding steroid dienone is 1. The molecule has 2 heterocycles. The minimum absolute atomic E-state index is 0.0720. The highest BCUT2D eigenvalue weighted by molar-refractivity contribution is 7.96. The number of morpholine rings is 1. The van der Waals surface area contributed by atoms with Gasteiger partial charge >= 0.3 is 6.03 Å². The van der Waals surface area contributed by atoms with E-state index in [1.54, 1.807) is 44.2 Å². The van der Waals surface area contributed by atoms with Gasteiger partial charge in [-0.3, -0.25) is 0 Å². The first-order valence-electron chi connectivity index (χ1n) is 12.3. The van der Waals surface area contributed by atoms with Crippen LogP contribution in [0.15, 0.2) is 41.8 Å². The number of nitrogens with zero attached hydrogens (tertiary/aromatic N) is 4. The zero-order chi connectivity index (χ0) is 27.4. The highest BCUT2D eigenvalue weighted by Gasteiger charge is 2.39. The van der Waals surface area contributed by atoms with E-state index in [2.05, 4.69) is 22.1 Å². The number of amides is 2. The van der Waals surface area contributed by atoms with E-state index in [4.69, 9.17) is 14.7 Å². The van der Waals surface area contributed by atoms with Gasteiger partial charge in [-0.1, -0.05) is 6.58 Å². The Morgan fingerprint density at radius 1 is 1.24 bits per heavy atom. The third-order valence-electron chi connectivity index (χ3n) is 6.37. The molecule has 1 aliphatic heterocycles. The normalized spacial score (nSPS) is 16.5. The van der Waals surface area contributed by atoms with E-state index >= 15 is 0 Å². The molecular formula is C26H38N6O4S. The Morgan fingerprint density at radius 2 is 1.92 bits per heavy atom. The summed E-state index contributed by atoms with van der Waals surface area (Å²) in [5, 5.41) is 5.62. The second-order valence-corrected chi connectivity index (χ2v) is 12.8. The van der Waals surface area contributed by atoms with Gasteiger partial charge in [0.1, 0.15) is 10.6 Å². The maximum atomic E-state index is 13.2. The van der Waals surface area contributed by atoms with Crippen LogP contribution in [0.1, 0.15) is 33.4 Å². The molecule has 0 radical (unpaired) electrons. The zero-order valence-corrected chi connectivity index (χ0v) is 23.4. The molecule has 0 saturated carbocycles. The quantitative estimate of drug-likeness (QED) is 0.508. The van der Waals surface area contributed by atoms with Crippen LogP contribution >= 0.6 is 0 Å². The molecule has 1 fully saturated rings. The number of rotatable bonds is 9. The van der Waals surface area contributed by atoms with Crippen LogP contribution < -0.4 is 15.5 Å². The lowest BCUT2D eigenvalue weighted by molar-refractivity contribution is 0.0985. The Morgan fingerprint density at radius 3 is 2.51 bits per heavy atom. The molecule has 2 amide bonds. The van der Waals surface area contributed by atoms with Gasteiger partial charge < -0.3 is 25.2 Å². The molecule has 0 spiro atoms. The van der Waals surface area contributed by atoms with E-state index in [1.165, 1.54) is 6.92 Å². The minimum Gasteiger partial charge on any atom is -0.377 e. The first-order chi connectivity index (χ1) is 17.3. The number of carbonyl (C=O) groups excluding carboxylic acids is 1.